The third kappa shape index (κ3) is 1.56. The first kappa shape index (κ1) is 9.97. The molecule has 0 aliphatic heterocycles. The van der Waals surface area contributed by atoms with Crippen LogP contribution in [0.15, 0.2) is 36.9 Å². The fourth-order valence-electron chi connectivity index (χ4n) is 2.22. The van der Waals surface area contributed by atoms with E-state index in [0.717, 1.165) is 6.42 Å². The Kier molecular flexibility index (Phi) is 2.59. The van der Waals surface area contributed by atoms with Crippen molar-refractivity contribution in [1.29, 1.82) is 0 Å². The van der Waals surface area contributed by atoms with Crippen LogP contribution >= 0.6 is 0 Å². The molecule has 0 bridgehead atoms. The third-order valence-corrected chi connectivity index (χ3v) is 3.06. The molecule has 76 valence electrons. The summed E-state index contributed by atoms with van der Waals surface area (Å²) in [6, 6.07) is 10.8. The smallest absolute Gasteiger partial charge is 0.0149 e. The summed E-state index contributed by atoms with van der Waals surface area (Å²) in [7, 11) is 0. The van der Waals surface area contributed by atoms with Crippen molar-refractivity contribution in [2.45, 2.75) is 20.3 Å². The standard InChI is InChI=1S/C15H16/c1-4-12-10-13-8-6-7-9-15(13)14(5-2)11(12)3/h4,6-10H,1,5H2,2-3H3. The van der Waals surface area contributed by atoms with Gasteiger partial charge in [-0.2, -0.15) is 0 Å². The van der Waals surface area contributed by atoms with Gasteiger partial charge in [-0.25, -0.2) is 0 Å². The highest BCUT2D eigenvalue weighted by molar-refractivity contribution is 5.89. The van der Waals surface area contributed by atoms with E-state index in [2.05, 4.69) is 50.8 Å². The molecule has 0 amide bonds. The summed E-state index contributed by atoms with van der Waals surface area (Å²) in [5, 5.41) is 2.69. The molecule has 2 aromatic carbocycles. The van der Waals surface area contributed by atoms with E-state index in [1.807, 2.05) is 6.08 Å². The highest BCUT2D eigenvalue weighted by atomic mass is 14.1. The fraction of sp³-hybridized carbons (Fsp3) is 0.200. The lowest BCUT2D eigenvalue weighted by Crippen LogP contribution is -1.92. The molecule has 0 nitrogen and oxygen atoms in total. The van der Waals surface area contributed by atoms with Crippen LogP contribution in [-0.2, 0) is 6.42 Å². The van der Waals surface area contributed by atoms with Gasteiger partial charge in [-0.05, 0) is 46.9 Å². The number of hydrogen-bond donors (Lipinski definition) is 0. The van der Waals surface area contributed by atoms with Crippen molar-refractivity contribution in [3.63, 3.8) is 0 Å². The normalized spacial score (nSPS) is 10.5. The summed E-state index contributed by atoms with van der Waals surface area (Å²) in [4.78, 5) is 0. The highest BCUT2D eigenvalue weighted by Gasteiger charge is 2.05. The van der Waals surface area contributed by atoms with Crippen molar-refractivity contribution in [2.24, 2.45) is 0 Å². The Morgan fingerprint density at radius 3 is 2.67 bits per heavy atom. The Hall–Kier alpha value is -1.56. The van der Waals surface area contributed by atoms with Gasteiger partial charge in [0.2, 0.25) is 0 Å². The topological polar surface area (TPSA) is 0 Å². The summed E-state index contributed by atoms with van der Waals surface area (Å²) in [5.41, 5.74) is 4.07. The molecule has 0 fully saturated rings. The molecule has 0 radical (unpaired) electrons. The lowest BCUT2D eigenvalue weighted by atomic mass is 9.93. The minimum atomic E-state index is 1.08. The van der Waals surface area contributed by atoms with Crippen LogP contribution in [0.1, 0.15) is 23.6 Å². The van der Waals surface area contributed by atoms with Gasteiger partial charge in [0.25, 0.3) is 0 Å². The Morgan fingerprint density at radius 2 is 2.00 bits per heavy atom. The van der Waals surface area contributed by atoms with E-state index in [1.165, 1.54) is 27.5 Å². The van der Waals surface area contributed by atoms with E-state index < -0.39 is 0 Å². The molecule has 0 aliphatic rings. The summed E-state index contributed by atoms with van der Waals surface area (Å²) >= 11 is 0. The van der Waals surface area contributed by atoms with Crippen molar-refractivity contribution < 1.29 is 0 Å². The van der Waals surface area contributed by atoms with Gasteiger partial charge in [0.05, 0.1) is 0 Å². The first-order valence-electron chi connectivity index (χ1n) is 5.41. The molecule has 0 spiro atoms. The van der Waals surface area contributed by atoms with Crippen LogP contribution in [0.3, 0.4) is 0 Å². The predicted molar refractivity (Wildman–Crippen MR) is 68.2 cm³/mol. The molecule has 0 aliphatic carbocycles. The molecule has 0 atom stereocenters. The summed E-state index contributed by atoms with van der Waals surface area (Å²) in [5.74, 6) is 0. The van der Waals surface area contributed by atoms with Crippen molar-refractivity contribution in [2.75, 3.05) is 0 Å². The van der Waals surface area contributed by atoms with E-state index in [1.54, 1.807) is 0 Å². The van der Waals surface area contributed by atoms with E-state index in [0.29, 0.717) is 0 Å². The second-order valence-electron chi connectivity index (χ2n) is 3.85. The van der Waals surface area contributed by atoms with Crippen LogP contribution in [0.2, 0.25) is 0 Å². The number of aryl methyl sites for hydroxylation is 1. The molecule has 2 aromatic rings. The highest BCUT2D eigenvalue weighted by Crippen LogP contribution is 2.26. The van der Waals surface area contributed by atoms with Crippen LogP contribution < -0.4 is 0 Å². The van der Waals surface area contributed by atoms with Crippen LogP contribution in [0.4, 0.5) is 0 Å². The van der Waals surface area contributed by atoms with Crippen molar-refractivity contribution in [3.8, 4) is 0 Å². The van der Waals surface area contributed by atoms with Gasteiger partial charge < -0.3 is 0 Å². The van der Waals surface area contributed by atoms with Crippen molar-refractivity contribution in [3.05, 3.63) is 53.6 Å². The molecule has 0 saturated carbocycles. The average molecular weight is 196 g/mol. The van der Waals surface area contributed by atoms with E-state index in [9.17, 15) is 0 Å². The zero-order valence-corrected chi connectivity index (χ0v) is 9.38. The maximum Gasteiger partial charge on any atom is -0.0149 e. The predicted octanol–water partition coefficient (Wildman–Crippen LogP) is 4.35. The fourth-order valence-corrected chi connectivity index (χ4v) is 2.22. The van der Waals surface area contributed by atoms with E-state index in [4.69, 9.17) is 0 Å². The second-order valence-corrected chi connectivity index (χ2v) is 3.85. The minimum absolute atomic E-state index is 1.08. The Morgan fingerprint density at radius 1 is 1.27 bits per heavy atom. The van der Waals surface area contributed by atoms with Gasteiger partial charge in [-0.15, -0.1) is 0 Å². The molecular formula is C15H16. The number of hydrogen-bond acceptors (Lipinski definition) is 0. The van der Waals surface area contributed by atoms with Crippen molar-refractivity contribution >= 4 is 16.8 Å². The average Bonchev–Trinajstić information content (AvgIpc) is 2.28. The summed E-state index contributed by atoms with van der Waals surface area (Å²) in [6.07, 6.45) is 3.02. The van der Waals surface area contributed by atoms with Crippen LogP contribution in [-0.4, -0.2) is 0 Å². The van der Waals surface area contributed by atoms with Crippen LogP contribution in [0.5, 0.6) is 0 Å². The van der Waals surface area contributed by atoms with Gasteiger partial charge in [-0.3, -0.25) is 0 Å². The molecular weight excluding hydrogens is 180 g/mol. The molecule has 0 aromatic heterocycles. The second kappa shape index (κ2) is 3.90. The Balaban J connectivity index is 2.89. The first-order valence-corrected chi connectivity index (χ1v) is 5.41. The maximum absolute atomic E-state index is 3.87. The summed E-state index contributed by atoms with van der Waals surface area (Å²) in [6.45, 7) is 8.27. The first-order chi connectivity index (χ1) is 7.27. The quantitative estimate of drug-likeness (QED) is 0.669. The van der Waals surface area contributed by atoms with Gasteiger partial charge >= 0.3 is 0 Å². The monoisotopic (exact) mass is 196 g/mol. The van der Waals surface area contributed by atoms with E-state index in [-0.39, 0.29) is 0 Å². The Labute approximate surface area is 91.2 Å². The lowest BCUT2D eigenvalue weighted by molar-refractivity contribution is 1.13. The van der Waals surface area contributed by atoms with Crippen molar-refractivity contribution in [1.82, 2.24) is 0 Å². The molecule has 0 N–H and O–H groups in total. The van der Waals surface area contributed by atoms with Gasteiger partial charge in [0.15, 0.2) is 0 Å². The van der Waals surface area contributed by atoms with Gasteiger partial charge in [0.1, 0.15) is 0 Å². The number of rotatable bonds is 2. The molecule has 0 heterocycles. The number of fused-ring (bicyclic) bond motifs is 1. The molecule has 0 heteroatoms. The van der Waals surface area contributed by atoms with Gasteiger partial charge in [-0.1, -0.05) is 43.8 Å². The van der Waals surface area contributed by atoms with Crippen LogP contribution in [0.25, 0.3) is 16.8 Å². The molecule has 0 unspecified atom stereocenters. The van der Waals surface area contributed by atoms with E-state index >= 15 is 0 Å². The minimum Gasteiger partial charge on any atom is -0.0985 e. The maximum atomic E-state index is 3.87. The zero-order chi connectivity index (χ0) is 10.8. The number of benzene rings is 2. The molecule has 0 saturated heterocycles. The van der Waals surface area contributed by atoms with Gasteiger partial charge in [0, 0.05) is 0 Å². The molecule has 15 heavy (non-hydrogen) atoms. The largest absolute Gasteiger partial charge is 0.0985 e. The van der Waals surface area contributed by atoms with Crippen LogP contribution in [0, 0.1) is 6.92 Å². The third-order valence-electron chi connectivity index (χ3n) is 3.06. The zero-order valence-electron chi connectivity index (χ0n) is 9.38. The molecule has 2 rings (SSSR count). The summed E-state index contributed by atoms with van der Waals surface area (Å²) < 4.78 is 0. The SMILES string of the molecule is C=Cc1cc2ccccc2c(CC)c1C. The lowest BCUT2D eigenvalue weighted by Gasteiger charge is -2.11. The Bertz CT molecular complexity index is 507.